The van der Waals surface area contributed by atoms with E-state index in [4.69, 9.17) is 0 Å². The quantitative estimate of drug-likeness (QED) is 0.860. The average molecular weight is 314 g/mol. The van der Waals surface area contributed by atoms with E-state index in [1.54, 1.807) is 4.90 Å². The van der Waals surface area contributed by atoms with Gasteiger partial charge in [0.2, 0.25) is 11.8 Å². The molecule has 23 heavy (non-hydrogen) atoms. The van der Waals surface area contributed by atoms with Crippen LogP contribution in [-0.2, 0) is 16.0 Å². The molecule has 0 saturated carbocycles. The number of likely N-dealkylation sites (tertiary alicyclic amines) is 1. The normalized spacial score (nSPS) is 20.0. The molecule has 1 saturated heterocycles. The van der Waals surface area contributed by atoms with E-state index in [0.29, 0.717) is 12.8 Å². The third-order valence-electron chi connectivity index (χ3n) is 5.01. The van der Waals surface area contributed by atoms with Crippen molar-refractivity contribution >= 4 is 17.5 Å². The van der Waals surface area contributed by atoms with Gasteiger partial charge in [0.15, 0.2) is 0 Å². The molecule has 2 aliphatic rings. The minimum absolute atomic E-state index is 0.0900. The molecule has 1 unspecified atom stereocenters. The third-order valence-corrected chi connectivity index (χ3v) is 5.01. The molecule has 3 rings (SSSR count). The first-order chi connectivity index (χ1) is 11.2. The largest absolute Gasteiger partial charge is 0.341 e. The van der Waals surface area contributed by atoms with Gasteiger partial charge in [0.05, 0.1) is 0 Å². The van der Waals surface area contributed by atoms with Crippen molar-refractivity contribution in [3.8, 4) is 0 Å². The van der Waals surface area contributed by atoms with Crippen molar-refractivity contribution in [2.24, 2.45) is 0 Å². The second-order valence-electron chi connectivity index (χ2n) is 6.56. The Morgan fingerprint density at radius 1 is 1.09 bits per heavy atom. The molecule has 1 fully saturated rings. The van der Waals surface area contributed by atoms with E-state index >= 15 is 0 Å². The predicted molar refractivity (Wildman–Crippen MR) is 91.4 cm³/mol. The first-order valence-electron chi connectivity index (χ1n) is 8.91. The molecule has 2 heterocycles. The summed E-state index contributed by atoms with van der Waals surface area (Å²) in [5.74, 6) is 0.212. The Morgan fingerprint density at radius 3 is 2.57 bits per heavy atom. The minimum atomic E-state index is -0.361. The highest BCUT2D eigenvalue weighted by atomic mass is 16.2. The molecule has 0 aromatic heterocycles. The summed E-state index contributed by atoms with van der Waals surface area (Å²) in [5.41, 5.74) is 2.12. The van der Waals surface area contributed by atoms with Gasteiger partial charge >= 0.3 is 0 Å². The van der Waals surface area contributed by atoms with Gasteiger partial charge in [-0.1, -0.05) is 25.1 Å². The number of hydrogen-bond acceptors (Lipinski definition) is 2. The molecule has 0 bridgehead atoms. The highest BCUT2D eigenvalue weighted by molar-refractivity contribution is 6.01. The molecule has 4 nitrogen and oxygen atoms in total. The number of rotatable bonds is 3. The lowest BCUT2D eigenvalue weighted by Crippen LogP contribution is -2.52. The van der Waals surface area contributed by atoms with Crippen molar-refractivity contribution in [1.29, 1.82) is 0 Å². The fourth-order valence-corrected chi connectivity index (χ4v) is 3.78. The fourth-order valence-electron chi connectivity index (χ4n) is 3.78. The van der Waals surface area contributed by atoms with Crippen LogP contribution in [0.4, 0.5) is 5.69 Å². The zero-order chi connectivity index (χ0) is 16.2. The number of hydrogen-bond donors (Lipinski definition) is 0. The number of amides is 2. The molecule has 1 atom stereocenters. The third kappa shape index (κ3) is 3.26. The van der Waals surface area contributed by atoms with Gasteiger partial charge in [0.25, 0.3) is 0 Å². The first kappa shape index (κ1) is 16.0. The maximum absolute atomic E-state index is 13.0. The fraction of sp³-hybridized carbons (Fsp3) is 0.579. The van der Waals surface area contributed by atoms with Crippen LogP contribution in [0.3, 0.4) is 0 Å². The van der Waals surface area contributed by atoms with Gasteiger partial charge < -0.3 is 4.90 Å². The van der Waals surface area contributed by atoms with E-state index in [0.717, 1.165) is 44.5 Å². The van der Waals surface area contributed by atoms with E-state index in [2.05, 4.69) is 6.07 Å². The van der Waals surface area contributed by atoms with Crippen LogP contribution < -0.4 is 4.90 Å². The van der Waals surface area contributed by atoms with Crippen molar-refractivity contribution in [3.63, 3.8) is 0 Å². The van der Waals surface area contributed by atoms with Gasteiger partial charge in [-0.3, -0.25) is 14.5 Å². The molecule has 0 N–H and O–H groups in total. The number of piperidine rings is 1. The Balaban J connectivity index is 1.92. The van der Waals surface area contributed by atoms with E-state index < -0.39 is 0 Å². The Kier molecular flexibility index (Phi) is 4.99. The number of nitrogens with zero attached hydrogens (tertiary/aromatic N) is 2. The Hall–Kier alpha value is -1.84. The molecule has 1 aromatic rings. The minimum Gasteiger partial charge on any atom is -0.341 e. The summed E-state index contributed by atoms with van der Waals surface area (Å²) in [4.78, 5) is 29.5. The summed E-state index contributed by atoms with van der Waals surface area (Å²) in [6, 6.07) is 7.69. The van der Waals surface area contributed by atoms with Crippen molar-refractivity contribution in [2.45, 2.75) is 57.9 Å². The summed E-state index contributed by atoms with van der Waals surface area (Å²) < 4.78 is 0. The zero-order valence-corrected chi connectivity index (χ0v) is 14.0. The SMILES string of the molecule is CCC(C(=O)N1CCCCC1)N1C(=O)CCCc2ccccc21. The monoisotopic (exact) mass is 314 g/mol. The number of fused-ring (bicyclic) bond motifs is 1. The Bertz CT molecular complexity index is 578. The summed E-state index contributed by atoms with van der Waals surface area (Å²) in [5, 5.41) is 0. The van der Waals surface area contributed by atoms with Gasteiger partial charge in [0, 0.05) is 25.2 Å². The smallest absolute Gasteiger partial charge is 0.245 e. The molecular weight excluding hydrogens is 288 g/mol. The number of carbonyl (C=O) groups is 2. The van der Waals surface area contributed by atoms with Crippen LogP contribution in [0.15, 0.2) is 24.3 Å². The molecule has 2 amide bonds. The summed E-state index contributed by atoms with van der Waals surface area (Å²) >= 11 is 0. The standard InChI is InChI=1S/C19H26N2O2/c1-2-16(19(23)20-13-6-3-7-14-20)21-17-11-5-4-9-15(17)10-8-12-18(21)22/h4-5,9,11,16H,2-3,6-8,10,12-14H2,1H3. The number of carbonyl (C=O) groups excluding carboxylic acids is 2. The Morgan fingerprint density at radius 2 is 1.83 bits per heavy atom. The van der Waals surface area contributed by atoms with Gasteiger partial charge in [-0.25, -0.2) is 0 Å². The van der Waals surface area contributed by atoms with Crippen molar-refractivity contribution < 1.29 is 9.59 Å². The van der Waals surface area contributed by atoms with Crippen molar-refractivity contribution in [1.82, 2.24) is 4.90 Å². The number of para-hydroxylation sites is 1. The van der Waals surface area contributed by atoms with E-state index in [-0.39, 0.29) is 17.9 Å². The second-order valence-corrected chi connectivity index (χ2v) is 6.56. The first-order valence-corrected chi connectivity index (χ1v) is 8.91. The molecule has 124 valence electrons. The van der Waals surface area contributed by atoms with Gasteiger partial charge in [-0.05, 0) is 50.2 Å². The van der Waals surface area contributed by atoms with Crippen molar-refractivity contribution in [3.05, 3.63) is 29.8 Å². The molecule has 2 aliphatic heterocycles. The molecular formula is C19H26N2O2. The van der Waals surface area contributed by atoms with Gasteiger partial charge in [-0.2, -0.15) is 0 Å². The molecule has 4 heteroatoms. The molecule has 1 aromatic carbocycles. The molecule has 0 aliphatic carbocycles. The lowest BCUT2D eigenvalue weighted by atomic mass is 10.0. The van der Waals surface area contributed by atoms with E-state index in [1.807, 2.05) is 30.0 Å². The van der Waals surface area contributed by atoms with E-state index in [1.165, 1.54) is 12.0 Å². The van der Waals surface area contributed by atoms with Crippen molar-refractivity contribution in [2.75, 3.05) is 18.0 Å². The topological polar surface area (TPSA) is 40.6 Å². The second kappa shape index (κ2) is 7.16. The lowest BCUT2D eigenvalue weighted by Gasteiger charge is -2.36. The summed E-state index contributed by atoms with van der Waals surface area (Å²) in [7, 11) is 0. The van der Waals surface area contributed by atoms with E-state index in [9.17, 15) is 9.59 Å². The Labute approximate surface area is 138 Å². The highest BCUT2D eigenvalue weighted by Crippen LogP contribution is 2.30. The highest BCUT2D eigenvalue weighted by Gasteiger charge is 2.34. The average Bonchev–Trinajstić information content (AvgIpc) is 2.76. The molecule has 0 spiro atoms. The van der Waals surface area contributed by atoms with Gasteiger partial charge in [0.1, 0.15) is 6.04 Å². The van der Waals surface area contributed by atoms with Crippen LogP contribution in [0.1, 0.15) is 51.0 Å². The summed E-state index contributed by atoms with van der Waals surface area (Å²) in [6.45, 7) is 3.67. The van der Waals surface area contributed by atoms with Gasteiger partial charge in [-0.15, -0.1) is 0 Å². The number of anilines is 1. The van der Waals surface area contributed by atoms with Crippen LogP contribution in [0.25, 0.3) is 0 Å². The maximum atomic E-state index is 13.0. The van der Waals surface area contributed by atoms with Crippen LogP contribution in [0.2, 0.25) is 0 Å². The zero-order valence-electron chi connectivity index (χ0n) is 14.0. The van der Waals surface area contributed by atoms with Crippen LogP contribution in [0.5, 0.6) is 0 Å². The summed E-state index contributed by atoms with van der Waals surface area (Å²) in [6.07, 6.45) is 6.31. The van der Waals surface area contributed by atoms with Crippen LogP contribution in [0, 0.1) is 0 Å². The predicted octanol–water partition coefficient (Wildman–Crippen LogP) is 3.15. The lowest BCUT2D eigenvalue weighted by molar-refractivity contribution is -0.135. The van der Waals surface area contributed by atoms with Crippen LogP contribution in [-0.4, -0.2) is 35.8 Å². The number of aryl methyl sites for hydroxylation is 1. The number of benzene rings is 1. The van der Waals surface area contributed by atoms with Crippen LogP contribution >= 0.6 is 0 Å². The maximum Gasteiger partial charge on any atom is 0.245 e. The molecule has 0 radical (unpaired) electrons.